The third kappa shape index (κ3) is 2.12. The van der Waals surface area contributed by atoms with E-state index in [9.17, 15) is 0 Å². The molecule has 0 aromatic carbocycles. The van der Waals surface area contributed by atoms with E-state index in [1.54, 1.807) is 6.04 Å². The van der Waals surface area contributed by atoms with Gasteiger partial charge < -0.3 is 4.90 Å². The zero-order valence-corrected chi connectivity index (χ0v) is 8.65. The zero-order valence-electron chi connectivity index (χ0n) is 5.81. The fourth-order valence-electron chi connectivity index (χ4n) is 0.831. The van der Waals surface area contributed by atoms with Crippen LogP contribution in [0.25, 0.3) is 0 Å². The molecule has 8 heavy (non-hydrogen) atoms. The molecule has 1 saturated heterocycles. The summed E-state index contributed by atoms with van der Waals surface area (Å²) in [5.41, 5.74) is 0. The van der Waals surface area contributed by atoms with Gasteiger partial charge in [0.1, 0.15) is 0 Å². The summed E-state index contributed by atoms with van der Waals surface area (Å²) in [6.07, 6.45) is 0. The fraction of sp³-hybridized carbons (Fsp3) is 0.833. The van der Waals surface area contributed by atoms with Crippen molar-refractivity contribution in [2.24, 2.45) is 5.92 Å². The molecule has 1 radical (unpaired) electrons. The molecule has 0 saturated carbocycles. The van der Waals surface area contributed by atoms with Crippen LogP contribution in [0.1, 0.15) is 13.8 Å². The van der Waals surface area contributed by atoms with Crippen LogP contribution in [0.15, 0.2) is 0 Å². The molecule has 1 unspecified atom stereocenters. The number of likely N-dealkylation sites (N-methyl/N-ethyl adjacent to an activating group) is 1. The second-order valence-electron chi connectivity index (χ2n) is 2.50. The summed E-state index contributed by atoms with van der Waals surface area (Å²) in [6.45, 7) is 5.70. The van der Waals surface area contributed by atoms with E-state index >= 15 is 0 Å². The summed E-state index contributed by atoms with van der Waals surface area (Å²) in [4.78, 5) is 2.28. The largest absolute Gasteiger partial charge is 0.479 e. The third-order valence-electron chi connectivity index (χ3n) is 1.45. The van der Waals surface area contributed by atoms with Crippen molar-refractivity contribution in [1.82, 2.24) is 4.90 Å². The predicted molar refractivity (Wildman–Crippen MR) is 30.7 cm³/mol. The maximum atomic E-state index is 2.28. The van der Waals surface area contributed by atoms with Crippen molar-refractivity contribution in [3.05, 3.63) is 6.04 Å². The van der Waals surface area contributed by atoms with Crippen molar-refractivity contribution in [1.29, 1.82) is 0 Å². The van der Waals surface area contributed by atoms with Gasteiger partial charge in [-0.2, -0.15) is 5.92 Å². The van der Waals surface area contributed by atoms with Gasteiger partial charge in [0.2, 0.25) is 0 Å². The van der Waals surface area contributed by atoms with Gasteiger partial charge in [-0.05, 0) is 7.05 Å². The molecule has 1 nitrogen and oxygen atoms in total. The molecular weight excluding hydrogens is 175 g/mol. The molecular formula is C6H12NY-. The topological polar surface area (TPSA) is 3.01 Å². The molecule has 45 valence electrons. The van der Waals surface area contributed by atoms with Crippen molar-refractivity contribution in [3.63, 3.8) is 0 Å². The second-order valence-corrected chi connectivity index (χ2v) is 2.50. The standard InChI is InChI=1S/C6H12N.Y/c1-5(2)6-4-7(6)3;/h5H,4H2,1-3H3;/q-1;. The van der Waals surface area contributed by atoms with Crippen LogP contribution < -0.4 is 0 Å². The first-order valence-corrected chi connectivity index (χ1v) is 2.78. The molecule has 0 aliphatic carbocycles. The fourth-order valence-corrected chi connectivity index (χ4v) is 0.831. The number of hydrogen-bond donors (Lipinski definition) is 0. The maximum Gasteiger partial charge on any atom is 0 e. The molecule has 1 rings (SSSR count). The summed E-state index contributed by atoms with van der Waals surface area (Å²) in [5, 5.41) is 0. The molecule has 0 aromatic heterocycles. The molecule has 1 aliphatic heterocycles. The van der Waals surface area contributed by atoms with Crippen molar-refractivity contribution in [2.45, 2.75) is 13.8 Å². The molecule has 0 N–H and O–H groups in total. The van der Waals surface area contributed by atoms with Gasteiger partial charge in [0, 0.05) is 32.7 Å². The van der Waals surface area contributed by atoms with Crippen LogP contribution in [0, 0.1) is 12.0 Å². The first kappa shape index (κ1) is 9.06. The molecule has 1 aliphatic rings. The minimum Gasteiger partial charge on any atom is -0.479 e. The van der Waals surface area contributed by atoms with E-state index < -0.39 is 0 Å². The number of rotatable bonds is 1. The van der Waals surface area contributed by atoms with Gasteiger partial charge in [-0.15, -0.1) is 6.54 Å². The summed E-state index contributed by atoms with van der Waals surface area (Å²) < 4.78 is 0. The molecule has 0 spiro atoms. The Morgan fingerprint density at radius 1 is 1.50 bits per heavy atom. The Kier molecular flexibility index (Phi) is 3.72. The van der Waals surface area contributed by atoms with E-state index in [1.165, 1.54) is 6.54 Å². The Hall–Kier alpha value is 1.06. The molecule has 1 atom stereocenters. The van der Waals surface area contributed by atoms with Crippen molar-refractivity contribution >= 4 is 0 Å². The van der Waals surface area contributed by atoms with Crippen LogP contribution in [-0.2, 0) is 32.7 Å². The van der Waals surface area contributed by atoms with Gasteiger partial charge in [0.15, 0.2) is 0 Å². The van der Waals surface area contributed by atoms with Gasteiger partial charge >= 0.3 is 0 Å². The van der Waals surface area contributed by atoms with Crippen LogP contribution >= 0.6 is 0 Å². The predicted octanol–water partition coefficient (Wildman–Crippen LogP) is 1.12. The first-order valence-electron chi connectivity index (χ1n) is 2.78. The van der Waals surface area contributed by atoms with E-state index in [2.05, 4.69) is 25.8 Å². The van der Waals surface area contributed by atoms with Crippen molar-refractivity contribution < 1.29 is 32.7 Å². The summed E-state index contributed by atoms with van der Waals surface area (Å²) >= 11 is 0. The van der Waals surface area contributed by atoms with Gasteiger partial charge in [0.05, 0.1) is 0 Å². The van der Waals surface area contributed by atoms with Crippen LogP contribution in [-0.4, -0.2) is 18.5 Å². The molecule has 0 bridgehead atoms. The summed E-state index contributed by atoms with van der Waals surface area (Å²) in [5.74, 6) is 0.782. The second kappa shape index (κ2) is 3.29. The van der Waals surface area contributed by atoms with Gasteiger partial charge in [0.25, 0.3) is 0 Å². The minimum atomic E-state index is 0. The Labute approximate surface area is 76.7 Å². The van der Waals surface area contributed by atoms with E-state index in [-0.39, 0.29) is 32.7 Å². The third-order valence-corrected chi connectivity index (χ3v) is 1.45. The molecule has 1 heterocycles. The molecule has 1 fully saturated rings. The Morgan fingerprint density at radius 2 is 1.88 bits per heavy atom. The smallest absolute Gasteiger partial charge is 0 e. The average Bonchev–Trinajstić information content (AvgIpc) is 2.17. The molecule has 0 amide bonds. The minimum absolute atomic E-state index is 0. The van der Waals surface area contributed by atoms with Gasteiger partial charge in [-0.1, -0.05) is 13.8 Å². The Bertz CT molecular complexity index is 72.9. The van der Waals surface area contributed by atoms with E-state index in [1.807, 2.05) is 0 Å². The molecule has 0 aromatic rings. The van der Waals surface area contributed by atoms with Crippen LogP contribution in [0.4, 0.5) is 0 Å². The Balaban J connectivity index is 0.000000490. The van der Waals surface area contributed by atoms with E-state index in [0.717, 1.165) is 5.92 Å². The summed E-state index contributed by atoms with van der Waals surface area (Å²) in [7, 11) is 2.13. The van der Waals surface area contributed by atoms with Gasteiger partial charge in [-0.3, -0.25) is 0 Å². The maximum absolute atomic E-state index is 2.28. The quantitative estimate of drug-likeness (QED) is 0.439. The van der Waals surface area contributed by atoms with Crippen LogP contribution in [0.5, 0.6) is 0 Å². The average molecular weight is 187 g/mol. The molecule has 2 heteroatoms. The van der Waals surface area contributed by atoms with Crippen LogP contribution in [0.2, 0.25) is 0 Å². The normalized spacial score (nSPS) is 27.8. The van der Waals surface area contributed by atoms with Crippen molar-refractivity contribution in [3.8, 4) is 0 Å². The summed E-state index contributed by atoms with van der Waals surface area (Å²) in [6, 6.07) is 1.60. The number of nitrogens with zero attached hydrogens (tertiary/aromatic N) is 1. The Morgan fingerprint density at radius 3 is 1.88 bits per heavy atom. The van der Waals surface area contributed by atoms with Gasteiger partial charge in [-0.25, -0.2) is 6.04 Å². The SMILES string of the molecule is CC(C)[C-]1CN1C.[Y]. The van der Waals surface area contributed by atoms with Crippen molar-refractivity contribution in [2.75, 3.05) is 13.6 Å². The van der Waals surface area contributed by atoms with E-state index in [4.69, 9.17) is 0 Å². The monoisotopic (exact) mass is 187 g/mol. The number of hydrogen-bond acceptors (Lipinski definition) is 1. The van der Waals surface area contributed by atoms with Crippen LogP contribution in [0.3, 0.4) is 0 Å². The van der Waals surface area contributed by atoms with E-state index in [0.29, 0.717) is 0 Å². The first-order chi connectivity index (χ1) is 3.22. The zero-order chi connectivity index (χ0) is 5.44.